The normalized spacial score (nSPS) is 10.8. The number of nitro groups is 1. The molecule has 0 aliphatic rings. The maximum Gasteiger partial charge on any atom is 0.329 e. The monoisotopic (exact) mass is 411 g/mol. The van der Waals surface area contributed by atoms with Crippen molar-refractivity contribution in [1.29, 1.82) is 0 Å². The van der Waals surface area contributed by atoms with Crippen molar-refractivity contribution in [1.82, 2.24) is 5.43 Å². The second-order valence-corrected chi connectivity index (χ2v) is 6.54. The first-order chi connectivity index (χ1) is 14.2. The number of para-hydroxylation sites is 1. The van der Waals surface area contributed by atoms with Gasteiger partial charge in [-0.1, -0.05) is 24.3 Å². The number of nitrogens with one attached hydrogen (secondary N) is 3. The first kappa shape index (κ1) is 22.2. The average Bonchev–Trinajstić information content (AvgIpc) is 2.69. The van der Waals surface area contributed by atoms with Gasteiger partial charge in [-0.3, -0.25) is 24.5 Å². The molecular formula is C20H21N5O5. The number of hydrogen-bond acceptors (Lipinski definition) is 6. The van der Waals surface area contributed by atoms with E-state index in [2.05, 4.69) is 21.2 Å². The summed E-state index contributed by atoms with van der Waals surface area (Å²) in [6.45, 7) is 4.99. The molecule has 3 amide bonds. The number of rotatable bonds is 6. The summed E-state index contributed by atoms with van der Waals surface area (Å²) < 4.78 is 0. The Morgan fingerprint density at radius 1 is 0.967 bits per heavy atom. The minimum Gasteiger partial charge on any atom is -0.325 e. The number of carbonyl (C=O) groups is 3. The van der Waals surface area contributed by atoms with Gasteiger partial charge in [0.25, 0.3) is 5.69 Å². The number of nitrogens with zero attached hydrogens (tertiary/aromatic N) is 2. The first-order valence-electron chi connectivity index (χ1n) is 8.92. The Kier molecular flexibility index (Phi) is 7.34. The van der Waals surface area contributed by atoms with Crippen molar-refractivity contribution in [3.8, 4) is 0 Å². The number of non-ortho nitro benzene ring substituents is 1. The van der Waals surface area contributed by atoms with Crippen LogP contribution in [-0.4, -0.2) is 28.4 Å². The Hall–Kier alpha value is -4.08. The SMILES string of the molecule is C/C(CC(=O)Nc1cc([N+](=O)[O-])ccc1C)=N/NC(=O)C(=O)Nc1ccccc1C. The summed E-state index contributed by atoms with van der Waals surface area (Å²) in [6.07, 6.45) is -0.179. The Labute approximate surface area is 172 Å². The fourth-order valence-electron chi connectivity index (χ4n) is 2.41. The lowest BCUT2D eigenvalue weighted by molar-refractivity contribution is -0.384. The highest BCUT2D eigenvalue weighted by Gasteiger charge is 2.15. The molecule has 0 bridgehead atoms. The molecule has 2 rings (SSSR count). The van der Waals surface area contributed by atoms with Crippen LogP contribution in [0.1, 0.15) is 24.5 Å². The largest absolute Gasteiger partial charge is 0.329 e. The molecule has 0 saturated heterocycles. The van der Waals surface area contributed by atoms with E-state index in [9.17, 15) is 24.5 Å². The quantitative estimate of drug-likeness (QED) is 0.290. The van der Waals surface area contributed by atoms with Gasteiger partial charge in [-0.2, -0.15) is 5.10 Å². The molecule has 0 radical (unpaired) electrons. The molecule has 2 aromatic rings. The molecule has 0 unspecified atom stereocenters. The molecule has 0 aliphatic heterocycles. The van der Waals surface area contributed by atoms with Crippen LogP contribution >= 0.6 is 0 Å². The molecule has 30 heavy (non-hydrogen) atoms. The van der Waals surface area contributed by atoms with Crippen LogP contribution in [-0.2, 0) is 14.4 Å². The lowest BCUT2D eigenvalue weighted by Gasteiger charge is -2.09. The second kappa shape index (κ2) is 9.92. The lowest BCUT2D eigenvalue weighted by atomic mass is 10.1. The highest BCUT2D eigenvalue weighted by molar-refractivity contribution is 6.39. The maximum absolute atomic E-state index is 12.2. The van der Waals surface area contributed by atoms with Gasteiger partial charge in [0.1, 0.15) is 0 Å². The molecule has 0 aliphatic carbocycles. The number of hydrogen-bond donors (Lipinski definition) is 3. The van der Waals surface area contributed by atoms with Gasteiger partial charge in [0, 0.05) is 23.5 Å². The van der Waals surface area contributed by atoms with Crippen molar-refractivity contribution in [3.05, 3.63) is 63.7 Å². The Morgan fingerprint density at radius 3 is 2.30 bits per heavy atom. The van der Waals surface area contributed by atoms with E-state index in [4.69, 9.17) is 0 Å². The van der Waals surface area contributed by atoms with Gasteiger partial charge in [-0.15, -0.1) is 0 Å². The van der Waals surface area contributed by atoms with Gasteiger partial charge in [0.15, 0.2) is 0 Å². The number of benzene rings is 2. The molecule has 0 aromatic heterocycles. The van der Waals surface area contributed by atoms with Crippen molar-refractivity contribution in [2.24, 2.45) is 5.10 Å². The van der Waals surface area contributed by atoms with Crippen molar-refractivity contribution >= 4 is 40.5 Å². The van der Waals surface area contributed by atoms with E-state index in [0.29, 0.717) is 16.9 Å². The van der Waals surface area contributed by atoms with E-state index < -0.39 is 22.6 Å². The number of aryl methyl sites for hydroxylation is 2. The summed E-state index contributed by atoms with van der Waals surface area (Å²) in [7, 11) is 0. The summed E-state index contributed by atoms with van der Waals surface area (Å²) >= 11 is 0. The van der Waals surface area contributed by atoms with Crippen LogP contribution in [0.4, 0.5) is 17.1 Å². The van der Waals surface area contributed by atoms with E-state index in [1.165, 1.54) is 25.1 Å². The maximum atomic E-state index is 12.2. The van der Waals surface area contributed by atoms with Crippen LogP contribution < -0.4 is 16.1 Å². The van der Waals surface area contributed by atoms with Crippen LogP contribution in [0.25, 0.3) is 0 Å². The zero-order chi connectivity index (χ0) is 22.3. The molecule has 10 nitrogen and oxygen atoms in total. The van der Waals surface area contributed by atoms with Crippen LogP contribution in [0.3, 0.4) is 0 Å². The highest BCUT2D eigenvalue weighted by atomic mass is 16.6. The van der Waals surface area contributed by atoms with E-state index in [1.54, 1.807) is 38.1 Å². The minimum absolute atomic E-state index is 0.145. The van der Waals surface area contributed by atoms with Crippen molar-refractivity contribution in [3.63, 3.8) is 0 Å². The van der Waals surface area contributed by atoms with Gasteiger partial charge in [-0.25, -0.2) is 5.43 Å². The second-order valence-electron chi connectivity index (χ2n) is 6.54. The predicted octanol–water partition coefficient (Wildman–Crippen LogP) is 2.67. The van der Waals surface area contributed by atoms with Crippen LogP contribution in [0.2, 0.25) is 0 Å². The number of anilines is 2. The van der Waals surface area contributed by atoms with Gasteiger partial charge in [0.05, 0.1) is 17.0 Å². The topological polar surface area (TPSA) is 143 Å². The van der Waals surface area contributed by atoms with Crippen LogP contribution in [0.5, 0.6) is 0 Å². The van der Waals surface area contributed by atoms with Crippen LogP contribution in [0, 0.1) is 24.0 Å². The molecule has 2 aromatic carbocycles. The smallest absolute Gasteiger partial charge is 0.325 e. The Balaban J connectivity index is 1.91. The number of hydrazone groups is 1. The molecular weight excluding hydrogens is 390 g/mol. The lowest BCUT2D eigenvalue weighted by Crippen LogP contribution is -2.33. The number of nitro benzene ring substituents is 1. The molecule has 0 spiro atoms. The van der Waals surface area contributed by atoms with Crippen molar-refractivity contribution in [2.75, 3.05) is 10.6 Å². The predicted molar refractivity (Wildman–Crippen MR) is 112 cm³/mol. The molecule has 0 saturated carbocycles. The standard InChI is InChI=1S/C20H21N5O5/c1-12-6-4-5-7-16(12)22-19(27)20(28)24-23-14(3)10-18(26)21-17-11-15(25(29)30)9-8-13(17)2/h4-9,11H,10H2,1-3H3,(H,21,26)(H,22,27)(H,24,28)/b23-14-. The van der Waals surface area contributed by atoms with Gasteiger partial charge in [0.2, 0.25) is 5.91 Å². The fourth-order valence-corrected chi connectivity index (χ4v) is 2.41. The average molecular weight is 411 g/mol. The summed E-state index contributed by atoms with van der Waals surface area (Å²) in [6, 6.07) is 11.1. The summed E-state index contributed by atoms with van der Waals surface area (Å²) in [5, 5.41) is 19.7. The number of amides is 3. The van der Waals surface area contributed by atoms with E-state index >= 15 is 0 Å². The zero-order valence-corrected chi connectivity index (χ0v) is 16.7. The molecule has 0 heterocycles. The van der Waals surface area contributed by atoms with E-state index in [-0.39, 0.29) is 17.8 Å². The third-order valence-corrected chi connectivity index (χ3v) is 4.07. The summed E-state index contributed by atoms with van der Waals surface area (Å²) in [5.74, 6) is -2.34. The van der Waals surface area contributed by atoms with Gasteiger partial charge < -0.3 is 10.6 Å². The van der Waals surface area contributed by atoms with Gasteiger partial charge in [-0.05, 0) is 38.0 Å². The third kappa shape index (κ3) is 6.23. The molecule has 0 atom stereocenters. The van der Waals surface area contributed by atoms with Crippen molar-refractivity contribution in [2.45, 2.75) is 27.2 Å². The minimum atomic E-state index is -0.979. The van der Waals surface area contributed by atoms with Gasteiger partial charge >= 0.3 is 11.8 Å². The van der Waals surface area contributed by atoms with Crippen LogP contribution in [0.15, 0.2) is 47.6 Å². The first-order valence-corrected chi connectivity index (χ1v) is 8.92. The molecule has 3 N–H and O–H groups in total. The highest BCUT2D eigenvalue weighted by Crippen LogP contribution is 2.22. The molecule has 10 heteroatoms. The Bertz CT molecular complexity index is 1030. The third-order valence-electron chi connectivity index (χ3n) is 4.07. The zero-order valence-electron chi connectivity index (χ0n) is 16.7. The van der Waals surface area contributed by atoms with Crippen molar-refractivity contribution < 1.29 is 19.3 Å². The fraction of sp³-hybridized carbons (Fsp3) is 0.200. The number of carbonyl (C=O) groups excluding carboxylic acids is 3. The summed E-state index contributed by atoms with van der Waals surface area (Å²) in [5.41, 5.74) is 4.46. The van der Waals surface area contributed by atoms with E-state index in [1.807, 2.05) is 0 Å². The molecule has 156 valence electrons. The van der Waals surface area contributed by atoms with E-state index in [0.717, 1.165) is 5.56 Å². The summed E-state index contributed by atoms with van der Waals surface area (Å²) in [4.78, 5) is 46.3. The Morgan fingerprint density at radius 2 is 1.63 bits per heavy atom. The molecule has 0 fully saturated rings.